The Labute approximate surface area is 267 Å². The minimum absolute atomic E-state index is 0.0246. The highest BCUT2D eigenvalue weighted by atomic mass is 16.5. The van der Waals surface area contributed by atoms with Crippen LogP contribution in [0.3, 0.4) is 0 Å². The largest absolute Gasteiger partial charge is 0.550 e. The average molecular weight is 635 g/mol. The molecule has 1 aliphatic heterocycles. The molecule has 3 N–H and O–H groups in total. The van der Waals surface area contributed by atoms with E-state index < -0.39 is 53.6 Å². The lowest BCUT2D eigenvalue weighted by atomic mass is 9.73. The van der Waals surface area contributed by atoms with Crippen LogP contribution in [-0.2, 0) is 19.1 Å². The van der Waals surface area contributed by atoms with Crippen LogP contribution in [0.1, 0.15) is 79.0 Å². The van der Waals surface area contributed by atoms with Crippen LogP contribution < -0.4 is 10.4 Å². The molecule has 1 aliphatic carbocycles. The number of carboxylic acid groups (broad SMARTS) is 1. The summed E-state index contributed by atoms with van der Waals surface area (Å²) in [5, 5.41) is 36.1. The first-order chi connectivity index (χ1) is 21.7. The van der Waals surface area contributed by atoms with Crippen molar-refractivity contribution < 1.29 is 48.4 Å². The molecule has 0 saturated carbocycles. The predicted molar refractivity (Wildman–Crippen MR) is 166 cm³/mol. The van der Waals surface area contributed by atoms with E-state index in [-0.39, 0.29) is 52.8 Å². The number of rotatable bonds is 11. The number of aryl methyl sites for hydroxylation is 2. The quantitative estimate of drug-likeness (QED) is 0.188. The SMILES string of the molecule is CC(=CC=CC(C)C(O)C(C)C1OC(CC=O)CC(CC(=O)[O-])C1C)C(=O)NC1=CC(=O)c2c(c(O)c(C)c3oc(C)cc23)C1=O. The molecule has 0 spiro atoms. The van der Waals surface area contributed by atoms with Crippen LogP contribution in [0.15, 0.2) is 46.1 Å². The second-order valence-electron chi connectivity index (χ2n) is 12.5. The number of carbonyl (C=O) groups is 5. The van der Waals surface area contributed by atoms with Gasteiger partial charge in [-0.2, -0.15) is 0 Å². The molecule has 0 bridgehead atoms. The van der Waals surface area contributed by atoms with Gasteiger partial charge in [-0.25, -0.2) is 0 Å². The number of phenols is 1. The highest BCUT2D eigenvalue weighted by Crippen LogP contribution is 2.40. The van der Waals surface area contributed by atoms with Gasteiger partial charge in [0.05, 0.1) is 29.6 Å². The van der Waals surface area contributed by atoms with Crippen LogP contribution in [0.4, 0.5) is 0 Å². The highest BCUT2D eigenvalue weighted by Gasteiger charge is 2.41. The van der Waals surface area contributed by atoms with E-state index in [0.717, 1.165) is 12.4 Å². The molecule has 1 fully saturated rings. The number of aromatic hydroxyl groups is 1. The molecular weight excluding hydrogens is 594 g/mol. The third-order valence-corrected chi connectivity index (χ3v) is 9.23. The number of ether oxygens (including phenoxy) is 1. The maximum atomic E-state index is 13.3. The van der Waals surface area contributed by atoms with Gasteiger partial charge < -0.3 is 39.4 Å². The number of aliphatic hydroxyl groups is 1. The zero-order valence-corrected chi connectivity index (χ0v) is 26.8. The van der Waals surface area contributed by atoms with Gasteiger partial charge in [0, 0.05) is 52.4 Å². The van der Waals surface area contributed by atoms with Gasteiger partial charge in [0.1, 0.15) is 23.4 Å². The second-order valence-corrected chi connectivity index (χ2v) is 12.5. The molecule has 46 heavy (non-hydrogen) atoms. The van der Waals surface area contributed by atoms with Crippen molar-refractivity contribution in [1.82, 2.24) is 5.32 Å². The van der Waals surface area contributed by atoms with E-state index in [2.05, 4.69) is 5.32 Å². The zero-order valence-electron chi connectivity index (χ0n) is 26.8. The first kappa shape index (κ1) is 34.5. The Morgan fingerprint density at radius 2 is 1.89 bits per heavy atom. The fraction of sp³-hybridized carbons (Fsp3) is 0.457. The number of fused-ring (bicyclic) bond motifs is 3. The van der Waals surface area contributed by atoms with E-state index in [1.165, 1.54) is 13.0 Å². The number of allylic oxidation sites excluding steroid dienone is 4. The Bertz CT molecular complexity index is 1660. The summed E-state index contributed by atoms with van der Waals surface area (Å²) < 4.78 is 11.8. The van der Waals surface area contributed by atoms with Gasteiger partial charge in [0.25, 0.3) is 5.91 Å². The molecule has 1 aromatic heterocycles. The number of carboxylic acids is 1. The van der Waals surface area contributed by atoms with Crippen molar-refractivity contribution in [3.8, 4) is 5.75 Å². The number of Topliss-reactive ketones (excluding diaryl/α,β-unsaturated/α-hetero) is 1. The molecule has 1 saturated heterocycles. The third kappa shape index (κ3) is 6.90. The summed E-state index contributed by atoms with van der Waals surface area (Å²) in [5.41, 5.74) is 0.411. The molecule has 11 nitrogen and oxygen atoms in total. The van der Waals surface area contributed by atoms with Crippen LogP contribution in [0.5, 0.6) is 5.75 Å². The normalized spacial score (nSPS) is 24.0. The average Bonchev–Trinajstić information content (AvgIpc) is 3.39. The number of benzene rings is 1. The van der Waals surface area contributed by atoms with Gasteiger partial charge >= 0.3 is 0 Å². The van der Waals surface area contributed by atoms with Crippen LogP contribution in [-0.4, -0.2) is 58.3 Å². The molecule has 4 rings (SSSR count). The summed E-state index contributed by atoms with van der Waals surface area (Å²) >= 11 is 0. The highest BCUT2D eigenvalue weighted by molar-refractivity contribution is 6.30. The topological polar surface area (TPSA) is 183 Å². The van der Waals surface area contributed by atoms with E-state index in [9.17, 15) is 39.3 Å². The molecule has 1 amide bonds. The molecule has 7 unspecified atom stereocenters. The molecule has 246 valence electrons. The van der Waals surface area contributed by atoms with Gasteiger partial charge in [0.15, 0.2) is 5.78 Å². The fourth-order valence-electron chi connectivity index (χ4n) is 6.53. The number of hydrogen-bond donors (Lipinski definition) is 3. The molecule has 1 aromatic carbocycles. The number of nitrogens with one attached hydrogen (secondary N) is 1. The second kappa shape index (κ2) is 14.0. The standard InChI is InChI=1S/C35H41NO10/c1-16(30(41)20(5)33-19(4)22(14-27(39)40)13-23(46-33)10-11-37)8-7-9-17(2)35(44)36-25-15-26(38)28-24-12-18(3)45-34(24)21(6)31(42)29(28)32(25)43/h7-9,11-12,15-16,19-20,22-23,30,33,41-42H,10,13-14H2,1-6H3,(H,36,44)(H,39,40)/p-1. The van der Waals surface area contributed by atoms with Crippen molar-refractivity contribution in [3.05, 3.63) is 64.1 Å². The molecule has 0 radical (unpaired) electrons. The van der Waals surface area contributed by atoms with E-state index in [0.29, 0.717) is 28.7 Å². The number of ketones is 2. The van der Waals surface area contributed by atoms with E-state index >= 15 is 0 Å². The maximum absolute atomic E-state index is 13.3. The number of phenolic OH excluding ortho intramolecular Hbond substituents is 1. The molecular formula is C35H40NO10-. The van der Waals surface area contributed by atoms with Gasteiger partial charge in [-0.3, -0.25) is 14.4 Å². The number of amides is 1. The molecule has 2 heterocycles. The minimum Gasteiger partial charge on any atom is -0.550 e. The van der Waals surface area contributed by atoms with Crippen molar-refractivity contribution in [1.29, 1.82) is 0 Å². The Morgan fingerprint density at radius 3 is 2.54 bits per heavy atom. The van der Waals surface area contributed by atoms with Gasteiger partial charge in [-0.15, -0.1) is 0 Å². The number of aliphatic hydroxyl groups excluding tert-OH is 1. The van der Waals surface area contributed by atoms with Crippen molar-refractivity contribution in [3.63, 3.8) is 0 Å². The zero-order chi connectivity index (χ0) is 34.0. The maximum Gasteiger partial charge on any atom is 0.251 e. The Kier molecular flexibility index (Phi) is 10.5. The number of aldehydes is 1. The lowest BCUT2D eigenvalue weighted by Gasteiger charge is -2.44. The Balaban J connectivity index is 1.43. The predicted octanol–water partition coefficient (Wildman–Crippen LogP) is 3.41. The summed E-state index contributed by atoms with van der Waals surface area (Å²) in [6, 6.07) is 1.63. The summed E-state index contributed by atoms with van der Waals surface area (Å²) in [5.74, 6) is -4.16. The molecule has 2 aliphatic rings. The monoisotopic (exact) mass is 634 g/mol. The van der Waals surface area contributed by atoms with Crippen molar-refractivity contribution in [2.75, 3.05) is 0 Å². The fourth-order valence-corrected chi connectivity index (χ4v) is 6.53. The summed E-state index contributed by atoms with van der Waals surface area (Å²) in [4.78, 5) is 61.8. The van der Waals surface area contributed by atoms with Gasteiger partial charge in [0.2, 0.25) is 5.78 Å². The summed E-state index contributed by atoms with van der Waals surface area (Å²) in [7, 11) is 0. The third-order valence-electron chi connectivity index (χ3n) is 9.23. The Hall–Kier alpha value is -4.35. The van der Waals surface area contributed by atoms with Crippen molar-refractivity contribution in [2.45, 2.75) is 79.1 Å². The van der Waals surface area contributed by atoms with Crippen molar-refractivity contribution >= 4 is 40.7 Å². The van der Waals surface area contributed by atoms with Crippen LogP contribution in [0.25, 0.3) is 11.0 Å². The van der Waals surface area contributed by atoms with Gasteiger partial charge in [-0.1, -0.05) is 39.0 Å². The lowest BCUT2D eigenvalue weighted by molar-refractivity contribution is -0.308. The van der Waals surface area contributed by atoms with Crippen LogP contribution >= 0.6 is 0 Å². The molecule has 11 heteroatoms. The summed E-state index contributed by atoms with van der Waals surface area (Å²) in [6.07, 6.45) is 5.18. The van der Waals surface area contributed by atoms with Gasteiger partial charge in [-0.05, 0) is 51.5 Å². The summed E-state index contributed by atoms with van der Waals surface area (Å²) in [6.45, 7) is 10.3. The van der Waals surface area contributed by atoms with Crippen LogP contribution in [0.2, 0.25) is 0 Å². The number of furan rings is 1. The smallest absolute Gasteiger partial charge is 0.251 e. The Morgan fingerprint density at radius 1 is 1.20 bits per heavy atom. The first-order valence-electron chi connectivity index (χ1n) is 15.4. The first-order valence-corrected chi connectivity index (χ1v) is 15.4. The number of hydrogen-bond acceptors (Lipinski definition) is 10. The lowest BCUT2D eigenvalue weighted by Crippen LogP contribution is -2.48. The number of aliphatic carboxylic acids is 1. The van der Waals surface area contributed by atoms with Crippen LogP contribution in [0, 0.1) is 37.5 Å². The number of carbonyl (C=O) groups excluding carboxylic acids is 5. The molecule has 7 atom stereocenters. The molecule has 2 aromatic rings. The van der Waals surface area contributed by atoms with E-state index in [4.69, 9.17) is 9.15 Å². The van der Waals surface area contributed by atoms with E-state index in [1.54, 1.807) is 39.0 Å². The van der Waals surface area contributed by atoms with E-state index in [1.807, 2.05) is 13.8 Å². The van der Waals surface area contributed by atoms with Crippen molar-refractivity contribution in [2.24, 2.45) is 23.7 Å². The minimum atomic E-state index is -1.17.